The van der Waals surface area contributed by atoms with Gasteiger partial charge in [0, 0.05) is 35.8 Å². The van der Waals surface area contributed by atoms with Gasteiger partial charge in [-0.15, -0.1) is 0 Å². The number of nitrogens with one attached hydrogen (secondary N) is 1. The number of hydrogen-bond donors (Lipinski definition) is 1. The number of halogens is 1. The fourth-order valence-corrected chi connectivity index (χ4v) is 4.79. The Morgan fingerprint density at radius 2 is 1.90 bits per heavy atom. The quantitative estimate of drug-likeness (QED) is 0.345. The Hall–Kier alpha value is -4.77. The van der Waals surface area contributed by atoms with Gasteiger partial charge in [0.05, 0.1) is 36.0 Å². The SMILES string of the molecule is COc1cccc(N2CC(C(=O)Nc3cc(C)nn3-c3ncnc4c3cnn4-c3ccc(Cl)cc3)CC2=O)c1. The molecule has 39 heavy (non-hydrogen) atoms. The highest BCUT2D eigenvalue weighted by atomic mass is 35.5. The molecule has 1 aliphatic heterocycles. The summed E-state index contributed by atoms with van der Waals surface area (Å²) in [6.07, 6.45) is 3.18. The topological polar surface area (TPSA) is 120 Å². The number of carbonyl (C=O) groups excluding carboxylic acids is 2. The number of aryl methyl sites for hydroxylation is 1. The van der Waals surface area contributed by atoms with Crippen molar-refractivity contribution in [3.05, 3.63) is 77.8 Å². The Morgan fingerprint density at radius 3 is 2.69 bits per heavy atom. The van der Waals surface area contributed by atoms with E-state index in [1.807, 2.05) is 31.2 Å². The maximum absolute atomic E-state index is 13.3. The third-order valence-electron chi connectivity index (χ3n) is 6.56. The van der Waals surface area contributed by atoms with Crippen LogP contribution in [0.3, 0.4) is 0 Å². The van der Waals surface area contributed by atoms with Gasteiger partial charge in [0.15, 0.2) is 11.5 Å². The summed E-state index contributed by atoms with van der Waals surface area (Å²) in [7, 11) is 1.57. The van der Waals surface area contributed by atoms with Crippen LogP contribution >= 0.6 is 11.6 Å². The van der Waals surface area contributed by atoms with Gasteiger partial charge in [-0.3, -0.25) is 9.59 Å². The number of methoxy groups -OCH3 is 1. The first-order valence-electron chi connectivity index (χ1n) is 12.2. The van der Waals surface area contributed by atoms with Crippen molar-refractivity contribution in [2.24, 2.45) is 5.92 Å². The summed E-state index contributed by atoms with van der Waals surface area (Å²) in [5.41, 5.74) is 2.73. The van der Waals surface area contributed by atoms with E-state index >= 15 is 0 Å². The lowest BCUT2D eigenvalue weighted by molar-refractivity contribution is -0.122. The van der Waals surface area contributed by atoms with Crippen molar-refractivity contribution in [3.8, 4) is 17.3 Å². The number of fused-ring (bicyclic) bond motifs is 1. The molecule has 2 aromatic carbocycles. The van der Waals surface area contributed by atoms with Crippen molar-refractivity contribution in [3.63, 3.8) is 0 Å². The largest absolute Gasteiger partial charge is 0.497 e. The number of rotatable bonds is 6. The van der Waals surface area contributed by atoms with Crippen molar-refractivity contribution in [2.45, 2.75) is 13.3 Å². The monoisotopic (exact) mass is 542 g/mol. The van der Waals surface area contributed by atoms with Gasteiger partial charge in [0.2, 0.25) is 11.8 Å². The molecule has 5 aromatic rings. The Labute approximate surface area is 228 Å². The van der Waals surface area contributed by atoms with Gasteiger partial charge in [-0.1, -0.05) is 17.7 Å². The summed E-state index contributed by atoms with van der Waals surface area (Å²) < 4.78 is 8.51. The second-order valence-corrected chi connectivity index (χ2v) is 9.58. The summed E-state index contributed by atoms with van der Waals surface area (Å²) in [5, 5.41) is 13.3. The van der Waals surface area contributed by atoms with Crippen LogP contribution in [0.5, 0.6) is 5.75 Å². The number of aromatic nitrogens is 6. The minimum atomic E-state index is -0.537. The normalized spacial score (nSPS) is 15.2. The molecule has 1 unspecified atom stereocenters. The van der Waals surface area contributed by atoms with Gasteiger partial charge >= 0.3 is 0 Å². The molecule has 6 rings (SSSR count). The van der Waals surface area contributed by atoms with Crippen LogP contribution in [0, 0.1) is 12.8 Å². The summed E-state index contributed by atoms with van der Waals surface area (Å²) in [5.74, 6) is 0.596. The molecular formula is C27H23ClN8O3. The first-order chi connectivity index (χ1) is 18.9. The summed E-state index contributed by atoms with van der Waals surface area (Å²) in [6, 6.07) is 16.2. The van der Waals surface area contributed by atoms with Crippen molar-refractivity contribution in [1.29, 1.82) is 0 Å². The second kappa shape index (κ2) is 9.84. The zero-order valence-corrected chi connectivity index (χ0v) is 21.8. The highest BCUT2D eigenvalue weighted by molar-refractivity contribution is 6.30. The number of carbonyl (C=O) groups is 2. The standard InChI is InChI=1S/C27H23ClN8O3/c1-16-10-23(32-27(38)17-11-24(37)34(14-17)20-4-3-5-21(12-20)39-2)36(33-16)26-22-13-31-35(25(22)29-15-30-26)19-8-6-18(28)7-9-19/h3-10,12-13,15,17H,11,14H2,1-2H3,(H,32,38). The van der Waals surface area contributed by atoms with Crippen LogP contribution in [0.1, 0.15) is 12.1 Å². The van der Waals surface area contributed by atoms with E-state index < -0.39 is 5.92 Å². The molecule has 0 bridgehead atoms. The molecule has 0 saturated carbocycles. The lowest BCUT2D eigenvalue weighted by Gasteiger charge is -2.17. The molecule has 3 aromatic heterocycles. The molecule has 12 heteroatoms. The smallest absolute Gasteiger partial charge is 0.230 e. The van der Waals surface area contributed by atoms with Gasteiger partial charge in [0.1, 0.15) is 17.9 Å². The van der Waals surface area contributed by atoms with Crippen molar-refractivity contribution >= 4 is 46.0 Å². The fourth-order valence-electron chi connectivity index (χ4n) is 4.66. The van der Waals surface area contributed by atoms with Gasteiger partial charge in [0.25, 0.3) is 0 Å². The molecule has 0 spiro atoms. The molecular weight excluding hydrogens is 520 g/mol. The van der Waals surface area contributed by atoms with E-state index in [1.54, 1.807) is 57.9 Å². The average molecular weight is 543 g/mol. The maximum Gasteiger partial charge on any atom is 0.230 e. The Bertz CT molecular complexity index is 1710. The predicted octanol–water partition coefficient (Wildman–Crippen LogP) is 3.96. The average Bonchev–Trinajstić information content (AvgIpc) is 3.65. The van der Waals surface area contributed by atoms with Gasteiger partial charge in [-0.25, -0.2) is 14.6 Å². The number of nitrogens with zero attached hydrogens (tertiary/aromatic N) is 7. The molecule has 1 fully saturated rings. The second-order valence-electron chi connectivity index (χ2n) is 9.15. The van der Waals surface area contributed by atoms with Gasteiger partial charge in [-0.05, 0) is 43.3 Å². The number of benzene rings is 2. The molecule has 196 valence electrons. The Balaban J connectivity index is 1.27. The number of anilines is 2. The van der Waals surface area contributed by atoms with E-state index in [0.717, 1.165) is 5.69 Å². The minimum absolute atomic E-state index is 0.0990. The fraction of sp³-hybridized carbons (Fsp3) is 0.185. The molecule has 1 aliphatic rings. The zero-order chi connectivity index (χ0) is 27.1. The van der Waals surface area contributed by atoms with Crippen LogP contribution in [-0.4, -0.2) is 55.0 Å². The van der Waals surface area contributed by atoms with Crippen LogP contribution in [0.2, 0.25) is 5.02 Å². The molecule has 1 N–H and O–H groups in total. The van der Waals surface area contributed by atoms with E-state index in [1.165, 1.54) is 6.33 Å². The minimum Gasteiger partial charge on any atom is -0.497 e. The summed E-state index contributed by atoms with van der Waals surface area (Å²) >= 11 is 6.04. The summed E-state index contributed by atoms with van der Waals surface area (Å²) in [4.78, 5) is 36.6. The highest BCUT2D eigenvalue weighted by Gasteiger charge is 2.36. The van der Waals surface area contributed by atoms with Crippen LogP contribution < -0.4 is 15.0 Å². The van der Waals surface area contributed by atoms with Crippen molar-refractivity contribution < 1.29 is 14.3 Å². The lowest BCUT2D eigenvalue weighted by Crippen LogP contribution is -2.28. The number of amides is 2. The lowest BCUT2D eigenvalue weighted by atomic mass is 10.1. The van der Waals surface area contributed by atoms with Crippen LogP contribution in [0.15, 0.2) is 67.1 Å². The van der Waals surface area contributed by atoms with E-state index in [0.29, 0.717) is 44.8 Å². The zero-order valence-electron chi connectivity index (χ0n) is 21.1. The third-order valence-corrected chi connectivity index (χ3v) is 6.81. The van der Waals surface area contributed by atoms with E-state index in [4.69, 9.17) is 16.3 Å². The van der Waals surface area contributed by atoms with E-state index in [9.17, 15) is 9.59 Å². The van der Waals surface area contributed by atoms with Crippen LogP contribution in [0.4, 0.5) is 11.5 Å². The van der Waals surface area contributed by atoms with Crippen molar-refractivity contribution in [1.82, 2.24) is 29.5 Å². The Kier molecular flexibility index (Phi) is 6.20. The van der Waals surface area contributed by atoms with E-state index in [2.05, 4.69) is 25.5 Å². The number of ether oxygens (including phenoxy) is 1. The maximum atomic E-state index is 13.3. The Morgan fingerprint density at radius 1 is 1.08 bits per heavy atom. The van der Waals surface area contributed by atoms with Gasteiger partial charge in [-0.2, -0.15) is 14.9 Å². The van der Waals surface area contributed by atoms with E-state index in [-0.39, 0.29) is 24.8 Å². The molecule has 0 aliphatic carbocycles. The summed E-state index contributed by atoms with van der Waals surface area (Å²) in [6.45, 7) is 2.09. The highest BCUT2D eigenvalue weighted by Crippen LogP contribution is 2.30. The van der Waals surface area contributed by atoms with Gasteiger partial charge < -0.3 is 15.0 Å². The predicted molar refractivity (Wildman–Crippen MR) is 146 cm³/mol. The third kappa shape index (κ3) is 4.57. The molecule has 4 heterocycles. The van der Waals surface area contributed by atoms with Crippen LogP contribution in [0.25, 0.3) is 22.5 Å². The molecule has 0 radical (unpaired) electrons. The molecule has 11 nitrogen and oxygen atoms in total. The molecule has 2 amide bonds. The first kappa shape index (κ1) is 24.6. The molecule has 1 saturated heterocycles. The number of hydrogen-bond acceptors (Lipinski definition) is 7. The molecule has 1 atom stereocenters. The van der Waals surface area contributed by atoms with Crippen molar-refractivity contribution in [2.75, 3.05) is 23.9 Å². The van der Waals surface area contributed by atoms with Crippen LogP contribution in [-0.2, 0) is 9.59 Å². The first-order valence-corrected chi connectivity index (χ1v) is 12.6.